The maximum atomic E-state index is 13.6. The first-order valence-corrected chi connectivity index (χ1v) is 12.5. The number of fused-ring (bicyclic) bond motifs is 1. The van der Waals surface area contributed by atoms with Gasteiger partial charge in [-0.3, -0.25) is 4.79 Å². The third-order valence-corrected chi connectivity index (χ3v) is 7.25. The van der Waals surface area contributed by atoms with Crippen molar-refractivity contribution < 1.29 is 22.7 Å². The molecule has 1 aliphatic heterocycles. The maximum Gasteiger partial charge on any atom is 0.443 e. The Hall–Kier alpha value is -3.74. The summed E-state index contributed by atoms with van der Waals surface area (Å²) in [4.78, 5) is 33.2. The number of nitrogens with zero attached hydrogens (tertiary/aromatic N) is 7. The molecule has 9 nitrogen and oxygen atoms in total. The summed E-state index contributed by atoms with van der Waals surface area (Å²) in [6.07, 6.45) is 1.76. The van der Waals surface area contributed by atoms with Crippen molar-refractivity contribution in [3.05, 3.63) is 48.0 Å². The van der Waals surface area contributed by atoms with Crippen molar-refractivity contribution in [3.63, 3.8) is 0 Å². The van der Waals surface area contributed by atoms with Crippen molar-refractivity contribution in [2.75, 3.05) is 31.1 Å². The molecule has 0 saturated carbocycles. The van der Waals surface area contributed by atoms with Crippen LogP contribution in [0.15, 0.2) is 43.0 Å². The second kappa shape index (κ2) is 9.96. The predicted octanol–water partition coefficient (Wildman–Crippen LogP) is 4.10. The molecule has 4 aromatic heterocycles. The molecule has 0 unspecified atom stereocenters. The monoisotopic (exact) mass is 531 g/mol. The predicted molar refractivity (Wildman–Crippen MR) is 132 cm³/mol. The van der Waals surface area contributed by atoms with Crippen LogP contribution in [-0.4, -0.2) is 67.6 Å². The van der Waals surface area contributed by atoms with Gasteiger partial charge >= 0.3 is 12.2 Å². The highest BCUT2D eigenvalue weighted by Gasteiger charge is 2.38. The van der Waals surface area contributed by atoms with E-state index in [0.29, 0.717) is 48.1 Å². The first-order valence-electron chi connectivity index (χ1n) is 11.7. The van der Waals surface area contributed by atoms with E-state index in [0.717, 1.165) is 11.0 Å². The van der Waals surface area contributed by atoms with Crippen molar-refractivity contribution in [2.24, 2.45) is 0 Å². The number of hydrogen-bond acceptors (Lipinski definition) is 8. The zero-order valence-electron chi connectivity index (χ0n) is 20.1. The molecule has 1 aliphatic rings. The Bertz CT molecular complexity index is 1400. The number of carbonyl (C=O) groups excluding carboxylic acids is 1. The van der Waals surface area contributed by atoms with E-state index in [4.69, 9.17) is 4.74 Å². The first kappa shape index (κ1) is 24.9. The lowest BCUT2D eigenvalue weighted by molar-refractivity contribution is -0.137. The van der Waals surface area contributed by atoms with E-state index in [1.165, 1.54) is 12.4 Å². The van der Waals surface area contributed by atoms with Crippen molar-refractivity contribution in [3.8, 4) is 17.3 Å². The minimum atomic E-state index is -4.58. The zero-order valence-corrected chi connectivity index (χ0v) is 21.0. The van der Waals surface area contributed by atoms with Crippen LogP contribution < -0.4 is 9.64 Å². The normalized spacial score (nSPS) is 16.4. The van der Waals surface area contributed by atoms with Gasteiger partial charge < -0.3 is 19.1 Å². The molecular weight excluding hydrogens is 507 g/mol. The van der Waals surface area contributed by atoms with Crippen LogP contribution in [0.3, 0.4) is 0 Å². The number of anilines is 1. The molecule has 0 spiro atoms. The standard InChI is InChI=1S/C24H24F3N7O2S/c1-3-36-23-29-11-17(12-30-23)19-21(37-22(31-19)24(25,26)27)33-9-10-34(15(2)13-33)18(35)14-32-8-6-16-5-4-7-28-20(16)32/h4-8,11-12,15H,3,9-10,13-14H2,1-2H3/t15-/m1/s1. The highest BCUT2D eigenvalue weighted by Crippen LogP contribution is 2.43. The van der Waals surface area contributed by atoms with Gasteiger partial charge in [-0.2, -0.15) is 13.2 Å². The van der Waals surface area contributed by atoms with E-state index in [1.54, 1.807) is 22.6 Å². The Kier molecular flexibility index (Phi) is 6.71. The number of alkyl halides is 3. The fourth-order valence-corrected chi connectivity index (χ4v) is 5.37. The third-order valence-electron chi connectivity index (χ3n) is 6.09. The third kappa shape index (κ3) is 5.08. The summed E-state index contributed by atoms with van der Waals surface area (Å²) in [5.41, 5.74) is 1.26. The molecule has 13 heteroatoms. The lowest BCUT2D eigenvalue weighted by Crippen LogP contribution is -2.54. The van der Waals surface area contributed by atoms with E-state index < -0.39 is 11.2 Å². The smallest absolute Gasteiger partial charge is 0.443 e. The highest BCUT2D eigenvalue weighted by molar-refractivity contribution is 7.16. The minimum absolute atomic E-state index is 0.0734. The maximum absolute atomic E-state index is 13.6. The number of thiazole rings is 1. The summed E-state index contributed by atoms with van der Waals surface area (Å²) in [7, 11) is 0. The van der Waals surface area contributed by atoms with Crippen molar-refractivity contribution in [1.82, 2.24) is 29.4 Å². The number of halogens is 3. The van der Waals surface area contributed by atoms with Crippen LogP contribution in [0.1, 0.15) is 18.9 Å². The van der Waals surface area contributed by atoms with Crippen LogP contribution in [0.5, 0.6) is 6.01 Å². The van der Waals surface area contributed by atoms with Gasteiger partial charge in [0, 0.05) is 61.4 Å². The number of piperazine rings is 1. The van der Waals surface area contributed by atoms with Gasteiger partial charge in [-0.25, -0.2) is 19.9 Å². The topological polar surface area (TPSA) is 89.3 Å². The van der Waals surface area contributed by atoms with Crippen molar-refractivity contribution in [1.29, 1.82) is 0 Å². The SMILES string of the molecule is CCOc1ncc(-c2nc(C(F)(F)F)sc2N2CCN(C(=O)Cn3ccc4cccnc43)[C@H](C)C2)cn1. The summed E-state index contributed by atoms with van der Waals surface area (Å²) in [6, 6.07) is 5.60. The summed E-state index contributed by atoms with van der Waals surface area (Å²) < 4.78 is 47.8. The molecule has 1 amide bonds. The Balaban J connectivity index is 1.35. The van der Waals surface area contributed by atoms with Crippen LogP contribution in [0.4, 0.5) is 18.2 Å². The molecule has 0 aliphatic carbocycles. The molecule has 5 rings (SSSR count). The molecule has 1 fully saturated rings. The van der Waals surface area contributed by atoms with Gasteiger partial charge in [0.05, 0.1) is 6.61 Å². The number of rotatable bonds is 6. The second-order valence-electron chi connectivity index (χ2n) is 8.60. The van der Waals surface area contributed by atoms with Crippen LogP contribution in [-0.2, 0) is 17.5 Å². The van der Waals surface area contributed by atoms with Crippen molar-refractivity contribution >= 4 is 33.3 Å². The van der Waals surface area contributed by atoms with Gasteiger partial charge in [-0.15, -0.1) is 0 Å². The van der Waals surface area contributed by atoms with Crippen LogP contribution in [0, 0.1) is 0 Å². The Morgan fingerprint density at radius 2 is 1.97 bits per heavy atom. The van der Waals surface area contributed by atoms with Crippen LogP contribution in [0.2, 0.25) is 0 Å². The zero-order chi connectivity index (χ0) is 26.2. The van der Waals surface area contributed by atoms with E-state index in [9.17, 15) is 18.0 Å². The molecule has 1 saturated heterocycles. The molecule has 5 heterocycles. The molecule has 0 bridgehead atoms. The quantitative estimate of drug-likeness (QED) is 0.370. The van der Waals surface area contributed by atoms with Crippen molar-refractivity contribution in [2.45, 2.75) is 32.6 Å². The number of aromatic nitrogens is 5. The fourth-order valence-electron chi connectivity index (χ4n) is 4.37. The van der Waals surface area contributed by atoms with E-state index >= 15 is 0 Å². The number of amides is 1. The van der Waals surface area contributed by atoms with Gasteiger partial charge in [0.25, 0.3) is 0 Å². The molecule has 0 aromatic carbocycles. The lowest BCUT2D eigenvalue weighted by Gasteiger charge is -2.40. The summed E-state index contributed by atoms with van der Waals surface area (Å²) in [6.45, 7) is 5.28. The number of ether oxygens (including phenoxy) is 1. The second-order valence-corrected chi connectivity index (χ2v) is 9.58. The molecular formula is C24H24F3N7O2S. The van der Waals surface area contributed by atoms with Gasteiger partial charge in [0.2, 0.25) is 10.9 Å². The molecule has 0 radical (unpaired) electrons. The average Bonchev–Trinajstić information content (AvgIpc) is 3.50. The average molecular weight is 532 g/mol. The molecule has 1 atom stereocenters. The van der Waals surface area contributed by atoms with Gasteiger partial charge in [0.1, 0.15) is 22.9 Å². The lowest BCUT2D eigenvalue weighted by atomic mass is 10.1. The van der Waals surface area contributed by atoms with Gasteiger partial charge in [-0.1, -0.05) is 11.3 Å². The Morgan fingerprint density at radius 3 is 2.68 bits per heavy atom. The minimum Gasteiger partial charge on any atom is -0.464 e. The molecule has 4 aromatic rings. The molecule has 37 heavy (non-hydrogen) atoms. The van der Waals surface area contributed by atoms with E-state index in [2.05, 4.69) is 19.9 Å². The van der Waals surface area contributed by atoms with E-state index in [1.807, 2.05) is 36.2 Å². The Morgan fingerprint density at radius 1 is 1.19 bits per heavy atom. The number of hydrogen-bond donors (Lipinski definition) is 0. The molecule has 0 N–H and O–H groups in total. The Labute approximate surface area is 214 Å². The number of pyridine rings is 1. The van der Waals surface area contributed by atoms with Gasteiger partial charge in [0.15, 0.2) is 0 Å². The van der Waals surface area contributed by atoms with E-state index in [-0.39, 0.29) is 30.2 Å². The van der Waals surface area contributed by atoms with Crippen LogP contribution in [0.25, 0.3) is 22.3 Å². The summed E-state index contributed by atoms with van der Waals surface area (Å²) in [5, 5.41) is 0.383. The fraction of sp³-hybridized carbons (Fsp3) is 0.375. The first-order chi connectivity index (χ1) is 17.7. The largest absolute Gasteiger partial charge is 0.464 e. The highest BCUT2D eigenvalue weighted by atomic mass is 32.1. The summed E-state index contributed by atoms with van der Waals surface area (Å²) >= 11 is 0.586. The van der Waals surface area contributed by atoms with Gasteiger partial charge in [-0.05, 0) is 32.0 Å². The molecule has 194 valence electrons. The van der Waals surface area contributed by atoms with Crippen LogP contribution >= 0.6 is 11.3 Å². The summed E-state index contributed by atoms with van der Waals surface area (Å²) in [5.74, 6) is -0.0734. The number of carbonyl (C=O) groups is 1.